The number of carbonyl (C=O) groups is 4. The number of aryl methyl sites for hydroxylation is 2. The Balaban J connectivity index is 1.54. The highest BCUT2D eigenvalue weighted by atomic mass is 32.1. The third kappa shape index (κ3) is 6.02. The van der Waals surface area contributed by atoms with Gasteiger partial charge in [0.05, 0.1) is 5.69 Å². The summed E-state index contributed by atoms with van der Waals surface area (Å²) in [6.07, 6.45) is 2.61. The number of carbonyl (C=O) groups excluding carboxylic acids is 4. The van der Waals surface area contributed by atoms with Crippen molar-refractivity contribution >= 4 is 35.2 Å². The first-order valence-electron chi connectivity index (χ1n) is 11.9. The van der Waals surface area contributed by atoms with Crippen molar-refractivity contribution in [2.45, 2.75) is 44.3 Å². The lowest BCUT2D eigenvalue weighted by atomic mass is 9.95. The molecule has 3 aromatic rings. The molecule has 4 amide bonds. The van der Waals surface area contributed by atoms with Crippen LogP contribution < -0.4 is 16.4 Å². The van der Waals surface area contributed by atoms with Crippen molar-refractivity contribution < 1.29 is 19.2 Å². The molecule has 1 fully saturated rings. The van der Waals surface area contributed by atoms with E-state index in [1.54, 1.807) is 36.9 Å². The lowest BCUT2D eigenvalue weighted by molar-refractivity contribution is -0.131. The van der Waals surface area contributed by atoms with E-state index in [1.807, 2.05) is 30.3 Å². The van der Waals surface area contributed by atoms with Gasteiger partial charge in [0.2, 0.25) is 11.8 Å². The van der Waals surface area contributed by atoms with Gasteiger partial charge in [-0.1, -0.05) is 34.8 Å². The first-order valence-corrected chi connectivity index (χ1v) is 12.7. The number of hydrogen-bond donors (Lipinski definition) is 3. The quantitative estimate of drug-likeness (QED) is 0.397. The number of aromatic nitrogens is 3. The van der Waals surface area contributed by atoms with Gasteiger partial charge in [0.25, 0.3) is 11.8 Å². The fourth-order valence-corrected chi connectivity index (χ4v) is 5.01. The molecule has 4 N–H and O–H groups in total. The summed E-state index contributed by atoms with van der Waals surface area (Å²) in [5.74, 6) is -1.81. The molecule has 1 aliphatic rings. The minimum absolute atomic E-state index is 0.176. The summed E-state index contributed by atoms with van der Waals surface area (Å²) in [5.41, 5.74) is 7.41. The molecular weight excluding hydrogens is 494 g/mol. The second-order valence-electron chi connectivity index (χ2n) is 9.05. The molecule has 0 aliphatic carbocycles. The Morgan fingerprint density at radius 1 is 1.16 bits per heavy atom. The van der Waals surface area contributed by atoms with E-state index < -0.39 is 23.9 Å². The summed E-state index contributed by atoms with van der Waals surface area (Å²) in [6.45, 7) is 1.94. The van der Waals surface area contributed by atoms with E-state index in [4.69, 9.17) is 5.73 Å². The maximum absolute atomic E-state index is 13.5. The number of nitrogens with zero attached hydrogens (tertiary/aromatic N) is 4. The molecule has 3 atom stereocenters. The fourth-order valence-electron chi connectivity index (χ4n) is 4.45. The minimum Gasteiger partial charge on any atom is -0.368 e. The number of primary amides is 1. The smallest absolute Gasteiger partial charge is 0.271 e. The zero-order valence-electron chi connectivity index (χ0n) is 20.6. The summed E-state index contributed by atoms with van der Waals surface area (Å²) in [6, 6.07) is 10.4. The SMILES string of the molecule is Cc1nnsc1C(=O)NC1CCN(C(=O)c2cccn2C)C(C(=O)NC(Cc2ccccc2)C(N)=O)C1. The van der Waals surface area contributed by atoms with Crippen molar-refractivity contribution in [2.24, 2.45) is 12.8 Å². The number of hydrogen-bond acceptors (Lipinski definition) is 7. The van der Waals surface area contributed by atoms with Crippen LogP contribution in [0.3, 0.4) is 0 Å². The zero-order chi connectivity index (χ0) is 26.5. The second-order valence-corrected chi connectivity index (χ2v) is 9.81. The lowest BCUT2D eigenvalue weighted by Gasteiger charge is -2.39. The third-order valence-electron chi connectivity index (χ3n) is 6.46. The van der Waals surface area contributed by atoms with Crippen molar-refractivity contribution in [3.63, 3.8) is 0 Å². The number of amides is 4. The molecule has 11 nitrogen and oxygen atoms in total. The van der Waals surface area contributed by atoms with E-state index in [0.29, 0.717) is 22.7 Å². The summed E-state index contributed by atoms with van der Waals surface area (Å²) in [7, 11) is 1.75. The van der Waals surface area contributed by atoms with Gasteiger partial charge in [-0.25, -0.2) is 0 Å². The second kappa shape index (κ2) is 11.3. The van der Waals surface area contributed by atoms with Gasteiger partial charge in [0, 0.05) is 32.3 Å². The highest BCUT2D eigenvalue weighted by Crippen LogP contribution is 2.22. The molecule has 0 bridgehead atoms. The molecule has 37 heavy (non-hydrogen) atoms. The Kier molecular flexibility index (Phi) is 7.97. The van der Waals surface area contributed by atoms with Crippen molar-refractivity contribution in [2.75, 3.05) is 6.54 Å². The molecule has 4 rings (SSSR count). The lowest BCUT2D eigenvalue weighted by Crippen LogP contribution is -2.60. The number of piperidine rings is 1. The topological polar surface area (TPSA) is 152 Å². The number of likely N-dealkylation sites (tertiary alicyclic amines) is 1. The van der Waals surface area contributed by atoms with Gasteiger partial charge in [-0.15, -0.1) is 5.10 Å². The predicted molar refractivity (Wildman–Crippen MR) is 137 cm³/mol. The molecule has 1 aromatic carbocycles. The van der Waals surface area contributed by atoms with E-state index in [0.717, 1.165) is 17.1 Å². The maximum Gasteiger partial charge on any atom is 0.271 e. The molecule has 3 unspecified atom stereocenters. The molecule has 1 aliphatic heterocycles. The van der Waals surface area contributed by atoms with Gasteiger partial charge >= 0.3 is 0 Å². The Labute approximate surface area is 218 Å². The van der Waals surface area contributed by atoms with Crippen LogP contribution in [0, 0.1) is 6.92 Å². The largest absolute Gasteiger partial charge is 0.368 e. The van der Waals surface area contributed by atoms with Crippen LogP contribution in [0.1, 0.15) is 44.3 Å². The van der Waals surface area contributed by atoms with Crippen LogP contribution >= 0.6 is 11.5 Å². The highest BCUT2D eigenvalue weighted by Gasteiger charge is 2.39. The molecule has 12 heteroatoms. The first kappa shape index (κ1) is 26.0. The summed E-state index contributed by atoms with van der Waals surface area (Å²) < 4.78 is 5.49. The van der Waals surface area contributed by atoms with Gasteiger partial charge in [-0.2, -0.15) is 0 Å². The number of benzene rings is 1. The standard InChI is InChI=1S/C25H29N7O4S/c1-15-21(37-30-29-15)24(35)27-17-10-12-32(25(36)19-9-6-11-31(19)2)20(14-17)23(34)28-18(22(26)33)13-16-7-4-3-5-8-16/h3-9,11,17-18,20H,10,12-14H2,1-2H3,(H2,26,33)(H,27,35)(H,28,34). The van der Waals surface area contributed by atoms with E-state index in [2.05, 4.69) is 20.2 Å². The van der Waals surface area contributed by atoms with Crippen molar-refractivity contribution in [3.05, 3.63) is 70.5 Å². The molecule has 0 spiro atoms. The predicted octanol–water partition coefficient (Wildman–Crippen LogP) is 0.801. The van der Waals surface area contributed by atoms with Crippen molar-refractivity contribution in [1.82, 2.24) is 29.7 Å². The molecular formula is C25H29N7O4S. The van der Waals surface area contributed by atoms with Crippen LogP contribution in [-0.4, -0.2) is 67.4 Å². The van der Waals surface area contributed by atoms with Crippen molar-refractivity contribution in [1.29, 1.82) is 0 Å². The summed E-state index contributed by atoms with van der Waals surface area (Å²) in [4.78, 5) is 53.8. The van der Waals surface area contributed by atoms with E-state index in [9.17, 15) is 19.2 Å². The Morgan fingerprint density at radius 2 is 1.92 bits per heavy atom. The maximum atomic E-state index is 13.5. The van der Waals surface area contributed by atoms with Crippen LogP contribution in [0.2, 0.25) is 0 Å². The summed E-state index contributed by atoms with van der Waals surface area (Å²) >= 11 is 1.00. The molecule has 194 valence electrons. The Morgan fingerprint density at radius 3 is 2.54 bits per heavy atom. The number of nitrogens with one attached hydrogen (secondary N) is 2. The fraction of sp³-hybridized carbons (Fsp3) is 0.360. The molecule has 2 aromatic heterocycles. The van der Waals surface area contributed by atoms with Crippen molar-refractivity contribution in [3.8, 4) is 0 Å². The average molecular weight is 524 g/mol. The van der Waals surface area contributed by atoms with E-state index >= 15 is 0 Å². The molecule has 1 saturated heterocycles. The van der Waals surface area contributed by atoms with Crippen LogP contribution in [0.15, 0.2) is 48.7 Å². The number of rotatable bonds is 8. The van der Waals surface area contributed by atoms with Crippen LogP contribution in [0.25, 0.3) is 0 Å². The van der Waals surface area contributed by atoms with Gasteiger partial charge in [0.15, 0.2) is 0 Å². The monoisotopic (exact) mass is 523 g/mol. The third-order valence-corrected chi connectivity index (χ3v) is 7.29. The summed E-state index contributed by atoms with van der Waals surface area (Å²) in [5, 5.41) is 9.56. The Bertz CT molecular complexity index is 1290. The normalized spacial score (nSPS) is 18.2. The highest BCUT2D eigenvalue weighted by molar-refractivity contribution is 7.08. The number of nitrogens with two attached hydrogens (primary N) is 1. The first-order chi connectivity index (χ1) is 17.7. The zero-order valence-corrected chi connectivity index (χ0v) is 21.4. The average Bonchev–Trinajstić information content (AvgIpc) is 3.51. The van der Waals surface area contributed by atoms with Gasteiger partial charge < -0.3 is 25.8 Å². The van der Waals surface area contributed by atoms with E-state index in [-0.39, 0.29) is 37.2 Å². The van der Waals surface area contributed by atoms with Gasteiger partial charge in [-0.3, -0.25) is 19.2 Å². The van der Waals surface area contributed by atoms with E-state index in [1.165, 1.54) is 4.90 Å². The Hall–Kier alpha value is -4.06. The van der Waals surface area contributed by atoms with Gasteiger partial charge in [-0.05, 0) is 49.0 Å². The molecule has 0 radical (unpaired) electrons. The molecule has 0 saturated carbocycles. The van der Waals surface area contributed by atoms with Crippen LogP contribution in [-0.2, 0) is 23.1 Å². The van der Waals surface area contributed by atoms with Crippen LogP contribution in [0.4, 0.5) is 0 Å². The minimum atomic E-state index is -0.956. The van der Waals surface area contributed by atoms with Crippen LogP contribution in [0.5, 0.6) is 0 Å². The molecule has 3 heterocycles. The van der Waals surface area contributed by atoms with Gasteiger partial charge in [0.1, 0.15) is 22.7 Å².